The summed E-state index contributed by atoms with van der Waals surface area (Å²) in [4.78, 5) is 2.74. The van der Waals surface area contributed by atoms with E-state index >= 15 is 0 Å². The molecule has 0 aliphatic carbocycles. The number of nitrogens with zero attached hydrogens (tertiary/aromatic N) is 1. The highest BCUT2D eigenvalue weighted by molar-refractivity contribution is 5.85. The highest BCUT2D eigenvalue weighted by atomic mass is 35.5. The highest BCUT2D eigenvalue weighted by Crippen LogP contribution is 2.40. The maximum absolute atomic E-state index is 5.90. The van der Waals surface area contributed by atoms with Gasteiger partial charge in [0.25, 0.3) is 0 Å². The Morgan fingerprint density at radius 1 is 0.875 bits per heavy atom. The van der Waals surface area contributed by atoms with Gasteiger partial charge >= 0.3 is 0 Å². The van der Waals surface area contributed by atoms with Crippen molar-refractivity contribution in [3.63, 3.8) is 0 Å². The molecule has 0 unspecified atom stereocenters. The predicted molar refractivity (Wildman–Crippen MR) is 101 cm³/mol. The van der Waals surface area contributed by atoms with E-state index in [1.165, 1.54) is 49.8 Å². The number of halogens is 1. The lowest BCUT2D eigenvalue weighted by Gasteiger charge is -2.34. The highest BCUT2D eigenvalue weighted by Gasteiger charge is 2.35. The van der Waals surface area contributed by atoms with Crippen LogP contribution in [0.1, 0.15) is 49.3 Å². The van der Waals surface area contributed by atoms with Crippen LogP contribution in [0.2, 0.25) is 0 Å². The smallest absolute Gasteiger partial charge is 0.119 e. The number of fused-ring (bicyclic) bond motifs is 1. The van der Waals surface area contributed by atoms with Gasteiger partial charge < -0.3 is 4.74 Å². The summed E-state index contributed by atoms with van der Waals surface area (Å²) in [5.74, 6) is 0.964. The van der Waals surface area contributed by atoms with Crippen molar-refractivity contribution in [1.82, 2.24) is 4.90 Å². The Morgan fingerprint density at radius 3 is 2.46 bits per heavy atom. The first-order valence-electron chi connectivity index (χ1n) is 8.92. The minimum atomic E-state index is 0. The standard InChI is InChI=1S/C21H25NO.ClH/c1-2-6-17(7-3-1)16-23-20-12-9-18(10-13-20)21-14-11-19-8-4-5-15-22(19)21;/h1-3,6-7,9-10,12-13,19,21H,4-5,8,11,14-16H2;1H/t19-,21-;/m0./s1. The van der Waals surface area contributed by atoms with Crippen LogP contribution in [0.15, 0.2) is 54.6 Å². The fourth-order valence-corrected chi connectivity index (χ4v) is 4.14. The van der Waals surface area contributed by atoms with Crippen LogP contribution in [0.3, 0.4) is 0 Å². The van der Waals surface area contributed by atoms with Crippen LogP contribution < -0.4 is 4.74 Å². The molecule has 3 heteroatoms. The van der Waals surface area contributed by atoms with E-state index in [0.29, 0.717) is 12.6 Å². The van der Waals surface area contributed by atoms with Crippen molar-refractivity contribution < 1.29 is 4.74 Å². The molecule has 2 nitrogen and oxygen atoms in total. The predicted octanol–water partition coefficient (Wildman–Crippen LogP) is 5.38. The largest absolute Gasteiger partial charge is 0.489 e. The minimum Gasteiger partial charge on any atom is -0.489 e. The van der Waals surface area contributed by atoms with Crippen LogP contribution in [0.5, 0.6) is 5.75 Å². The van der Waals surface area contributed by atoms with E-state index in [1.807, 2.05) is 6.07 Å². The molecule has 0 saturated carbocycles. The van der Waals surface area contributed by atoms with E-state index in [-0.39, 0.29) is 12.4 Å². The Labute approximate surface area is 151 Å². The lowest BCUT2D eigenvalue weighted by molar-refractivity contribution is 0.150. The molecule has 4 rings (SSSR count). The molecule has 2 fully saturated rings. The van der Waals surface area contributed by atoms with Crippen LogP contribution >= 0.6 is 12.4 Å². The molecule has 0 N–H and O–H groups in total. The van der Waals surface area contributed by atoms with Crippen molar-refractivity contribution in [2.24, 2.45) is 0 Å². The van der Waals surface area contributed by atoms with Gasteiger partial charge in [-0.2, -0.15) is 0 Å². The van der Waals surface area contributed by atoms with Gasteiger partial charge in [-0.3, -0.25) is 4.90 Å². The summed E-state index contributed by atoms with van der Waals surface area (Å²) in [5, 5.41) is 0. The summed E-state index contributed by atoms with van der Waals surface area (Å²) in [5.41, 5.74) is 2.67. The van der Waals surface area contributed by atoms with Gasteiger partial charge in [-0.05, 0) is 55.5 Å². The van der Waals surface area contributed by atoms with Gasteiger partial charge in [0.15, 0.2) is 0 Å². The second kappa shape index (κ2) is 8.04. The van der Waals surface area contributed by atoms with Crippen LogP contribution in [-0.4, -0.2) is 17.5 Å². The Balaban J connectivity index is 0.00000169. The second-order valence-electron chi connectivity index (χ2n) is 6.82. The molecule has 0 aromatic heterocycles. The van der Waals surface area contributed by atoms with Gasteiger partial charge in [0, 0.05) is 12.1 Å². The molecule has 2 aliphatic rings. The lowest BCUT2D eigenvalue weighted by atomic mass is 10.0. The van der Waals surface area contributed by atoms with Gasteiger partial charge in [-0.25, -0.2) is 0 Å². The van der Waals surface area contributed by atoms with Crippen molar-refractivity contribution >= 4 is 12.4 Å². The molecular formula is C21H26ClNO. The van der Waals surface area contributed by atoms with Gasteiger partial charge in [0.1, 0.15) is 12.4 Å². The summed E-state index contributed by atoms with van der Waals surface area (Å²) >= 11 is 0. The number of benzene rings is 2. The van der Waals surface area contributed by atoms with Crippen molar-refractivity contribution in [3.05, 3.63) is 65.7 Å². The zero-order chi connectivity index (χ0) is 15.5. The van der Waals surface area contributed by atoms with Crippen LogP contribution in [0.25, 0.3) is 0 Å². The molecule has 2 atom stereocenters. The first kappa shape index (κ1) is 17.3. The molecule has 0 amide bonds. The molecule has 2 saturated heterocycles. The third-order valence-corrected chi connectivity index (χ3v) is 5.36. The van der Waals surface area contributed by atoms with Crippen LogP contribution in [-0.2, 0) is 6.61 Å². The maximum atomic E-state index is 5.90. The molecule has 2 aromatic rings. The van der Waals surface area contributed by atoms with Crippen molar-refractivity contribution in [2.45, 2.75) is 50.8 Å². The van der Waals surface area contributed by atoms with E-state index < -0.39 is 0 Å². The van der Waals surface area contributed by atoms with Gasteiger partial charge in [-0.15, -0.1) is 12.4 Å². The molecule has 24 heavy (non-hydrogen) atoms. The molecule has 2 heterocycles. The molecule has 2 aromatic carbocycles. The number of hydrogen-bond donors (Lipinski definition) is 0. The fraction of sp³-hybridized carbons (Fsp3) is 0.429. The second-order valence-corrected chi connectivity index (χ2v) is 6.82. The van der Waals surface area contributed by atoms with Crippen molar-refractivity contribution in [3.8, 4) is 5.75 Å². The first-order chi connectivity index (χ1) is 11.4. The minimum absolute atomic E-state index is 0. The summed E-state index contributed by atoms with van der Waals surface area (Å²) < 4.78 is 5.90. The number of piperidine rings is 1. The van der Waals surface area contributed by atoms with E-state index in [2.05, 4.69) is 53.4 Å². The Bertz CT molecular complexity index is 628. The molecule has 128 valence electrons. The van der Waals surface area contributed by atoms with Crippen LogP contribution in [0.4, 0.5) is 0 Å². The number of rotatable bonds is 4. The monoisotopic (exact) mass is 343 g/mol. The van der Waals surface area contributed by atoms with E-state index in [9.17, 15) is 0 Å². The topological polar surface area (TPSA) is 12.5 Å². The Kier molecular flexibility index (Phi) is 5.80. The van der Waals surface area contributed by atoms with Gasteiger partial charge in [-0.1, -0.05) is 48.9 Å². The summed E-state index contributed by atoms with van der Waals surface area (Å²) in [6, 6.07) is 20.6. The molecule has 2 aliphatic heterocycles. The van der Waals surface area contributed by atoms with Crippen LogP contribution in [0, 0.1) is 0 Å². The maximum Gasteiger partial charge on any atom is 0.119 e. The number of ether oxygens (including phenoxy) is 1. The molecule has 0 radical (unpaired) electrons. The van der Waals surface area contributed by atoms with E-state index in [4.69, 9.17) is 4.74 Å². The third kappa shape index (κ3) is 3.76. The van der Waals surface area contributed by atoms with Crippen molar-refractivity contribution in [1.29, 1.82) is 0 Å². The first-order valence-corrected chi connectivity index (χ1v) is 8.92. The molecular weight excluding hydrogens is 318 g/mol. The van der Waals surface area contributed by atoms with Crippen molar-refractivity contribution in [2.75, 3.05) is 6.54 Å². The SMILES string of the molecule is Cl.c1ccc(COc2ccc([C@@H]3CC[C@@H]4CCCCN43)cc2)cc1. The quantitative estimate of drug-likeness (QED) is 0.739. The third-order valence-electron chi connectivity index (χ3n) is 5.36. The zero-order valence-electron chi connectivity index (χ0n) is 14.1. The molecule has 0 bridgehead atoms. The van der Waals surface area contributed by atoms with Gasteiger partial charge in [0.2, 0.25) is 0 Å². The lowest BCUT2D eigenvalue weighted by Crippen LogP contribution is -2.35. The normalized spacial score (nSPS) is 23.3. The van der Waals surface area contributed by atoms with E-state index in [1.54, 1.807) is 0 Å². The fourth-order valence-electron chi connectivity index (χ4n) is 4.14. The Hall–Kier alpha value is -1.51. The summed E-state index contributed by atoms with van der Waals surface area (Å²) in [7, 11) is 0. The summed E-state index contributed by atoms with van der Waals surface area (Å²) in [6.45, 7) is 1.92. The summed E-state index contributed by atoms with van der Waals surface area (Å²) in [6.07, 6.45) is 6.87. The average Bonchev–Trinajstić information content (AvgIpc) is 3.05. The average molecular weight is 344 g/mol. The number of hydrogen-bond acceptors (Lipinski definition) is 2. The zero-order valence-corrected chi connectivity index (χ0v) is 14.9. The van der Waals surface area contributed by atoms with E-state index in [0.717, 1.165) is 11.8 Å². The van der Waals surface area contributed by atoms with Gasteiger partial charge in [0.05, 0.1) is 0 Å². The molecule has 0 spiro atoms. The Morgan fingerprint density at radius 2 is 1.67 bits per heavy atom.